The highest BCUT2D eigenvalue weighted by Crippen LogP contribution is 2.34. The maximum atomic E-state index is 14.3. The number of nitrogens with zero attached hydrogens (tertiary/aromatic N) is 1. The van der Waals surface area contributed by atoms with E-state index in [9.17, 15) is 31.0 Å². The number of hydrogen-bond acceptors (Lipinski definition) is 5. The number of aryl methyl sites for hydroxylation is 1. The zero-order valence-electron chi connectivity index (χ0n) is 18.5. The van der Waals surface area contributed by atoms with Crippen molar-refractivity contribution in [3.05, 3.63) is 82.6 Å². The lowest BCUT2D eigenvalue weighted by atomic mass is 9.97. The molecule has 0 fully saturated rings. The number of Topliss-reactive ketones (excluding diaryl/α,β-unsaturated/α-hetero) is 1. The van der Waals surface area contributed by atoms with Crippen molar-refractivity contribution in [2.45, 2.75) is 31.5 Å². The Morgan fingerprint density at radius 1 is 1.17 bits per heavy atom. The van der Waals surface area contributed by atoms with E-state index in [1.54, 1.807) is 13.0 Å². The van der Waals surface area contributed by atoms with Gasteiger partial charge in [-0.3, -0.25) is 14.4 Å². The van der Waals surface area contributed by atoms with Crippen molar-refractivity contribution >= 4 is 31.9 Å². The van der Waals surface area contributed by atoms with Gasteiger partial charge in [0.25, 0.3) is 0 Å². The summed E-state index contributed by atoms with van der Waals surface area (Å²) in [6.45, 7) is 2.94. The molecule has 1 aliphatic rings. The lowest BCUT2D eigenvalue weighted by Crippen LogP contribution is -2.28. The molecule has 1 heterocycles. The topological polar surface area (TPSA) is 79.6 Å². The predicted molar refractivity (Wildman–Crippen MR) is 123 cm³/mol. The minimum atomic E-state index is -5.12. The second-order valence-electron chi connectivity index (χ2n) is 7.51. The van der Waals surface area contributed by atoms with Crippen LogP contribution in [0.25, 0.3) is 0 Å². The minimum Gasteiger partial charge on any atom is -0.404 e. The Labute approximate surface area is 198 Å². The number of nitrogens with one attached hydrogen (secondary N) is 1. The number of benzene rings is 2. The number of allylic oxidation sites excluding steroid dienone is 4. The molecule has 184 valence electrons. The molecule has 0 bridgehead atoms. The molecule has 3 rings (SSSR count). The first-order chi connectivity index (χ1) is 16.3. The standard InChI is InChI=1S/C24H19F5N2O3S/c1-4-14-11-17(20-15(25)8-6-9-16(20)26)31-18(12-14)21(32)23(30)35(3,33)22-13(2)7-5-10-19(22)34-24(27,28)29/h4-10,12,30H,3,11H2,1-2H3/b14-4-,30-23?. The zero-order valence-corrected chi connectivity index (χ0v) is 19.3. The van der Waals surface area contributed by atoms with Crippen LogP contribution in [0.15, 0.2) is 69.7 Å². The molecule has 0 aromatic heterocycles. The molecule has 35 heavy (non-hydrogen) atoms. The Morgan fingerprint density at radius 3 is 2.34 bits per heavy atom. The molecule has 2 aromatic rings. The third-order valence-corrected chi connectivity index (χ3v) is 7.10. The molecule has 1 atom stereocenters. The second-order valence-corrected chi connectivity index (χ2v) is 9.68. The summed E-state index contributed by atoms with van der Waals surface area (Å²) < 4.78 is 84.8. The number of halogens is 5. The van der Waals surface area contributed by atoms with Crippen LogP contribution in [0.5, 0.6) is 5.75 Å². The van der Waals surface area contributed by atoms with E-state index in [-0.39, 0.29) is 17.7 Å². The van der Waals surface area contributed by atoms with Gasteiger partial charge in [-0.2, -0.15) is 0 Å². The van der Waals surface area contributed by atoms with E-state index in [4.69, 9.17) is 5.41 Å². The van der Waals surface area contributed by atoms with E-state index in [0.29, 0.717) is 5.57 Å². The number of carbonyl (C=O) groups is 1. The Morgan fingerprint density at radius 2 is 1.77 bits per heavy atom. The van der Waals surface area contributed by atoms with Gasteiger partial charge < -0.3 is 4.74 Å². The first kappa shape index (κ1) is 26.0. The number of hydrogen-bond donors (Lipinski definition) is 1. The Bertz CT molecular complexity index is 1400. The predicted octanol–water partition coefficient (Wildman–Crippen LogP) is 5.52. The fraction of sp³-hybridized carbons (Fsp3) is 0.167. The van der Waals surface area contributed by atoms with E-state index < -0.39 is 60.3 Å². The summed E-state index contributed by atoms with van der Waals surface area (Å²) in [5, 5.41) is 7.13. The quantitative estimate of drug-likeness (QED) is 0.249. The van der Waals surface area contributed by atoms with E-state index in [2.05, 4.69) is 15.6 Å². The lowest BCUT2D eigenvalue weighted by molar-refractivity contribution is -0.275. The van der Waals surface area contributed by atoms with Crippen molar-refractivity contribution in [1.82, 2.24) is 0 Å². The number of aliphatic imine (C=N–C) groups is 1. The number of carbonyl (C=O) groups excluding carboxylic acids is 1. The maximum absolute atomic E-state index is 14.3. The van der Waals surface area contributed by atoms with Crippen molar-refractivity contribution in [3.63, 3.8) is 0 Å². The largest absolute Gasteiger partial charge is 0.573 e. The average Bonchev–Trinajstić information content (AvgIpc) is 2.76. The highest BCUT2D eigenvalue weighted by Gasteiger charge is 2.36. The van der Waals surface area contributed by atoms with Gasteiger partial charge in [-0.15, -0.1) is 13.2 Å². The molecule has 0 aliphatic carbocycles. The number of rotatable bonds is 5. The van der Waals surface area contributed by atoms with Gasteiger partial charge in [0, 0.05) is 15.9 Å². The fourth-order valence-corrected chi connectivity index (χ4v) is 5.11. The molecule has 0 radical (unpaired) electrons. The van der Waals surface area contributed by atoms with Crippen LogP contribution in [0.4, 0.5) is 22.0 Å². The third kappa shape index (κ3) is 5.40. The Balaban J connectivity index is 2.08. The highest BCUT2D eigenvalue weighted by atomic mass is 32.2. The molecule has 2 aromatic carbocycles. The monoisotopic (exact) mass is 510 g/mol. The molecular weight excluding hydrogens is 491 g/mol. The van der Waals surface area contributed by atoms with Gasteiger partial charge >= 0.3 is 6.36 Å². The first-order valence-electron chi connectivity index (χ1n) is 10.0. The van der Waals surface area contributed by atoms with Crippen LogP contribution in [-0.4, -0.2) is 33.0 Å². The highest BCUT2D eigenvalue weighted by molar-refractivity contribution is 8.15. The summed E-state index contributed by atoms with van der Waals surface area (Å²) in [6.07, 6.45) is -2.35. The van der Waals surface area contributed by atoms with Crippen LogP contribution >= 0.6 is 0 Å². The molecule has 11 heteroatoms. The van der Waals surface area contributed by atoms with Gasteiger partial charge in [-0.25, -0.2) is 13.8 Å². The number of ketones is 1. The number of alkyl halides is 3. The SMILES string of the molecule is C=S(=O)(C(=N)C(=O)C1=C/C(=C\C)CC(c2c(F)cccc2F)=N1)c1c(C)cccc1OC(F)(F)F. The second kappa shape index (κ2) is 9.57. The Hall–Kier alpha value is -3.60. The average molecular weight is 510 g/mol. The van der Waals surface area contributed by atoms with Gasteiger partial charge in [0.1, 0.15) is 23.1 Å². The molecule has 0 saturated carbocycles. The van der Waals surface area contributed by atoms with Gasteiger partial charge in [0.05, 0.1) is 16.2 Å². The summed E-state index contributed by atoms with van der Waals surface area (Å²) in [4.78, 5) is 16.6. The van der Waals surface area contributed by atoms with Gasteiger partial charge in [0.15, 0.2) is 5.04 Å². The molecule has 1 aliphatic heterocycles. The van der Waals surface area contributed by atoms with Crippen molar-refractivity contribution in [1.29, 1.82) is 5.41 Å². The van der Waals surface area contributed by atoms with Crippen molar-refractivity contribution in [2.24, 2.45) is 4.99 Å². The van der Waals surface area contributed by atoms with Crippen LogP contribution in [-0.2, 0) is 14.3 Å². The summed E-state index contributed by atoms with van der Waals surface area (Å²) in [6, 6.07) is 6.64. The van der Waals surface area contributed by atoms with Crippen LogP contribution in [0, 0.1) is 24.0 Å². The fourth-order valence-electron chi connectivity index (χ4n) is 3.48. The van der Waals surface area contributed by atoms with Crippen LogP contribution in [0.1, 0.15) is 24.5 Å². The molecule has 0 amide bonds. The van der Waals surface area contributed by atoms with E-state index in [1.165, 1.54) is 25.1 Å². The summed E-state index contributed by atoms with van der Waals surface area (Å²) in [5.74, 6) is -0.545. The van der Waals surface area contributed by atoms with Crippen molar-refractivity contribution in [2.75, 3.05) is 0 Å². The number of ether oxygens (including phenoxy) is 1. The molecule has 0 saturated heterocycles. The normalized spacial score (nSPS) is 16.8. The van der Waals surface area contributed by atoms with E-state index in [1.807, 2.05) is 0 Å². The van der Waals surface area contributed by atoms with Crippen molar-refractivity contribution in [3.8, 4) is 5.75 Å². The van der Waals surface area contributed by atoms with Crippen LogP contribution < -0.4 is 4.74 Å². The van der Waals surface area contributed by atoms with Crippen molar-refractivity contribution < 1.29 is 35.7 Å². The minimum absolute atomic E-state index is 0.0282. The third-order valence-electron chi connectivity index (χ3n) is 5.07. The van der Waals surface area contributed by atoms with E-state index >= 15 is 0 Å². The first-order valence-corrected chi connectivity index (χ1v) is 11.7. The summed E-state index contributed by atoms with van der Waals surface area (Å²) >= 11 is 0. The van der Waals surface area contributed by atoms with Gasteiger partial charge in [-0.1, -0.05) is 24.3 Å². The molecule has 5 nitrogen and oxygen atoms in total. The van der Waals surface area contributed by atoms with Crippen LogP contribution in [0.3, 0.4) is 0 Å². The molecule has 1 N–H and O–H groups in total. The molecule has 1 unspecified atom stereocenters. The van der Waals surface area contributed by atoms with Gasteiger partial charge in [0.2, 0.25) is 5.78 Å². The Kier molecular flexibility index (Phi) is 7.11. The molecular formula is C24H19F5N2O3S. The molecule has 0 spiro atoms. The maximum Gasteiger partial charge on any atom is 0.573 e. The van der Waals surface area contributed by atoms with Gasteiger partial charge in [-0.05, 0) is 55.1 Å². The lowest BCUT2D eigenvalue weighted by Gasteiger charge is -2.20. The van der Waals surface area contributed by atoms with Crippen LogP contribution in [0.2, 0.25) is 0 Å². The smallest absolute Gasteiger partial charge is 0.404 e. The summed E-state index contributed by atoms with van der Waals surface area (Å²) in [5.41, 5.74) is -0.586. The summed E-state index contributed by atoms with van der Waals surface area (Å²) in [7, 11) is -4.11. The van der Waals surface area contributed by atoms with E-state index in [0.717, 1.165) is 24.3 Å². The zero-order chi connectivity index (χ0) is 26.1.